The SMILES string of the molecule is Cc1cc(-c2ccccc2)n(CCCn2c(-c3ccccc3)cc(C)c(C#N)c2=O)c(=O)c1C#N. The van der Waals surface area contributed by atoms with E-state index >= 15 is 0 Å². The minimum Gasteiger partial charge on any atom is -0.307 e. The lowest BCUT2D eigenvalue weighted by Crippen LogP contribution is -2.28. The number of rotatable bonds is 6. The molecule has 35 heavy (non-hydrogen) atoms. The summed E-state index contributed by atoms with van der Waals surface area (Å²) < 4.78 is 3.21. The Bertz CT molecular complexity index is 1460. The van der Waals surface area contributed by atoms with Gasteiger partial charge in [0.1, 0.15) is 23.3 Å². The van der Waals surface area contributed by atoms with Crippen molar-refractivity contribution in [1.29, 1.82) is 10.5 Å². The monoisotopic (exact) mass is 460 g/mol. The lowest BCUT2D eigenvalue weighted by atomic mass is 10.0. The average molecular weight is 461 g/mol. The Labute approximate surface area is 203 Å². The van der Waals surface area contributed by atoms with Gasteiger partial charge in [-0.2, -0.15) is 10.5 Å². The number of nitrogens with zero attached hydrogens (tertiary/aromatic N) is 4. The molecule has 6 nitrogen and oxygen atoms in total. The van der Waals surface area contributed by atoms with E-state index in [-0.39, 0.29) is 22.2 Å². The van der Waals surface area contributed by atoms with E-state index in [0.29, 0.717) is 30.6 Å². The Morgan fingerprint density at radius 1 is 0.657 bits per heavy atom. The smallest absolute Gasteiger partial charge is 0.269 e. The molecule has 0 aliphatic rings. The first-order chi connectivity index (χ1) is 17.0. The normalized spacial score (nSPS) is 10.5. The zero-order chi connectivity index (χ0) is 24.9. The number of hydrogen-bond acceptors (Lipinski definition) is 4. The molecule has 2 heterocycles. The van der Waals surface area contributed by atoms with Crippen LogP contribution in [0.5, 0.6) is 0 Å². The van der Waals surface area contributed by atoms with Gasteiger partial charge in [-0.25, -0.2) is 0 Å². The van der Waals surface area contributed by atoms with Gasteiger partial charge in [-0.15, -0.1) is 0 Å². The molecule has 2 aromatic carbocycles. The third-order valence-corrected chi connectivity index (χ3v) is 6.12. The van der Waals surface area contributed by atoms with Crippen LogP contribution in [-0.2, 0) is 13.1 Å². The summed E-state index contributed by atoms with van der Waals surface area (Å²) in [7, 11) is 0. The lowest BCUT2D eigenvalue weighted by molar-refractivity contribution is 0.548. The molecule has 0 N–H and O–H groups in total. The van der Waals surface area contributed by atoms with Crippen molar-refractivity contribution in [2.75, 3.05) is 0 Å². The maximum absolute atomic E-state index is 13.2. The summed E-state index contributed by atoms with van der Waals surface area (Å²) in [6, 6.07) is 26.9. The van der Waals surface area contributed by atoms with E-state index < -0.39 is 0 Å². The van der Waals surface area contributed by atoms with Crippen LogP contribution in [0.1, 0.15) is 28.7 Å². The first-order valence-corrected chi connectivity index (χ1v) is 11.4. The van der Waals surface area contributed by atoms with Crippen molar-refractivity contribution in [2.45, 2.75) is 33.4 Å². The lowest BCUT2D eigenvalue weighted by Gasteiger charge is -2.18. The predicted octanol–water partition coefficient (Wildman–Crippen LogP) is 4.79. The fraction of sp³-hybridized carbons (Fsp3) is 0.172. The van der Waals surface area contributed by atoms with Crippen LogP contribution in [0, 0.1) is 36.5 Å². The number of pyridine rings is 2. The van der Waals surface area contributed by atoms with E-state index in [1.54, 1.807) is 23.0 Å². The van der Waals surface area contributed by atoms with Gasteiger partial charge in [0.25, 0.3) is 11.1 Å². The topological polar surface area (TPSA) is 91.6 Å². The number of aryl methyl sites for hydroxylation is 2. The molecule has 6 heteroatoms. The number of benzene rings is 2. The molecule has 172 valence electrons. The van der Waals surface area contributed by atoms with E-state index in [1.807, 2.05) is 84.9 Å². The summed E-state index contributed by atoms with van der Waals surface area (Å²) in [5, 5.41) is 19.1. The highest BCUT2D eigenvalue weighted by atomic mass is 16.1. The van der Waals surface area contributed by atoms with Crippen LogP contribution in [0.25, 0.3) is 22.5 Å². The standard InChI is InChI=1S/C29H24N4O2/c1-20-16-26(22-10-5-3-6-11-22)32(28(34)24(20)18-30)14-9-15-33-27(23-12-7-4-8-13-23)17-21(2)25(19-31)29(33)35/h3-8,10-13,16-17H,9,14-15H2,1-2H3. The Hall–Kier alpha value is -4.68. The molecule has 4 aromatic rings. The molecular formula is C29H24N4O2. The van der Waals surface area contributed by atoms with Crippen LogP contribution in [-0.4, -0.2) is 9.13 Å². The quantitative estimate of drug-likeness (QED) is 0.413. The molecule has 0 aliphatic heterocycles. The number of nitriles is 2. The minimum atomic E-state index is -0.344. The molecule has 0 aliphatic carbocycles. The van der Waals surface area contributed by atoms with Gasteiger partial charge >= 0.3 is 0 Å². The zero-order valence-corrected chi connectivity index (χ0v) is 19.7. The first kappa shape index (κ1) is 23.5. The second-order valence-corrected chi connectivity index (χ2v) is 8.40. The summed E-state index contributed by atoms with van der Waals surface area (Å²) >= 11 is 0. The van der Waals surface area contributed by atoms with Gasteiger partial charge in [0.15, 0.2) is 0 Å². The van der Waals surface area contributed by atoms with Crippen LogP contribution < -0.4 is 11.1 Å². The van der Waals surface area contributed by atoms with Gasteiger partial charge in [-0.05, 0) is 54.7 Å². The van der Waals surface area contributed by atoms with Crippen LogP contribution in [0.15, 0.2) is 82.4 Å². The molecule has 2 aromatic heterocycles. The van der Waals surface area contributed by atoms with Crippen molar-refractivity contribution in [1.82, 2.24) is 9.13 Å². The second kappa shape index (κ2) is 10.1. The number of hydrogen-bond donors (Lipinski definition) is 0. The van der Waals surface area contributed by atoms with Gasteiger partial charge in [0.2, 0.25) is 0 Å². The molecule has 0 radical (unpaired) electrons. The van der Waals surface area contributed by atoms with Crippen molar-refractivity contribution in [3.05, 3.63) is 116 Å². The van der Waals surface area contributed by atoms with E-state index in [2.05, 4.69) is 0 Å². The van der Waals surface area contributed by atoms with Crippen molar-refractivity contribution in [3.63, 3.8) is 0 Å². The van der Waals surface area contributed by atoms with Crippen molar-refractivity contribution >= 4 is 0 Å². The average Bonchev–Trinajstić information content (AvgIpc) is 2.87. The third-order valence-electron chi connectivity index (χ3n) is 6.12. The van der Waals surface area contributed by atoms with Crippen molar-refractivity contribution in [2.24, 2.45) is 0 Å². The van der Waals surface area contributed by atoms with Gasteiger partial charge < -0.3 is 9.13 Å². The van der Waals surface area contributed by atoms with Gasteiger partial charge in [0, 0.05) is 13.1 Å². The largest absolute Gasteiger partial charge is 0.307 e. The molecular weight excluding hydrogens is 436 g/mol. The molecule has 0 unspecified atom stereocenters. The van der Waals surface area contributed by atoms with Crippen LogP contribution in [0.3, 0.4) is 0 Å². The Balaban J connectivity index is 1.75. The van der Waals surface area contributed by atoms with Crippen molar-refractivity contribution < 1.29 is 0 Å². The van der Waals surface area contributed by atoms with E-state index in [1.165, 1.54) is 0 Å². The van der Waals surface area contributed by atoms with Gasteiger partial charge in [-0.3, -0.25) is 9.59 Å². The maximum atomic E-state index is 13.2. The summed E-state index contributed by atoms with van der Waals surface area (Å²) in [5.41, 5.74) is 4.02. The zero-order valence-electron chi connectivity index (χ0n) is 19.7. The predicted molar refractivity (Wildman–Crippen MR) is 136 cm³/mol. The fourth-order valence-electron chi connectivity index (χ4n) is 4.34. The molecule has 0 atom stereocenters. The summed E-state index contributed by atoms with van der Waals surface area (Å²) in [6.45, 7) is 4.15. The van der Waals surface area contributed by atoms with Gasteiger partial charge in [-0.1, -0.05) is 60.7 Å². The van der Waals surface area contributed by atoms with Crippen LogP contribution in [0.4, 0.5) is 0 Å². The summed E-state index contributed by atoms with van der Waals surface area (Å²) in [4.78, 5) is 26.4. The molecule has 0 saturated heterocycles. The Kier molecular flexibility index (Phi) is 6.76. The van der Waals surface area contributed by atoms with Crippen molar-refractivity contribution in [3.8, 4) is 34.7 Å². The third kappa shape index (κ3) is 4.55. The second-order valence-electron chi connectivity index (χ2n) is 8.40. The molecule has 0 fully saturated rings. The fourth-order valence-corrected chi connectivity index (χ4v) is 4.34. The highest BCUT2D eigenvalue weighted by Crippen LogP contribution is 2.23. The summed E-state index contributed by atoms with van der Waals surface area (Å²) in [5.74, 6) is 0. The molecule has 0 amide bonds. The van der Waals surface area contributed by atoms with E-state index in [0.717, 1.165) is 22.5 Å². The summed E-state index contributed by atoms with van der Waals surface area (Å²) in [6.07, 6.45) is 0.460. The highest BCUT2D eigenvalue weighted by Gasteiger charge is 2.16. The van der Waals surface area contributed by atoms with Gasteiger partial charge in [0.05, 0.1) is 11.4 Å². The minimum absolute atomic E-state index is 0.119. The van der Waals surface area contributed by atoms with E-state index in [4.69, 9.17) is 0 Å². The Morgan fingerprint density at radius 3 is 1.37 bits per heavy atom. The van der Waals surface area contributed by atoms with Crippen LogP contribution in [0.2, 0.25) is 0 Å². The molecule has 0 spiro atoms. The molecule has 4 rings (SSSR count). The maximum Gasteiger partial charge on any atom is 0.269 e. The molecule has 0 saturated carbocycles. The highest BCUT2D eigenvalue weighted by molar-refractivity contribution is 5.63. The Morgan fingerprint density at radius 2 is 1.03 bits per heavy atom. The first-order valence-electron chi connectivity index (χ1n) is 11.4. The van der Waals surface area contributed by atoms with E-state index in [9.17, 15) is 20.1 Å². The number of aromatic nitrogens is 2. The van der Waals surface area contributed by atoms with Crippen LogP contribution >= 0.6 is 0 Å². The molecule has 0 bridgehead atoms.